The first kappa shape index (κ1) is 12.6. The third-order valence-electron chi connectivity index (χ3n) is 3.00. The lowest BCUT2D eigenvalue weighted by Crippen LogP contribution is -2.20. The van der Waals surface area contributed by atoms with Gasteiger partial charge >= 0.3 is 0 Å². The Labute approximate surface area is 108 Å². The summed E-state index contributed by atoms with van der Waals surface area (Å²) < 4.78 is 0. The summed E-state index contributed by atoms with van der Waals surface area (Å²) in [5.74, 6) is 0. The fourth-order valence-electron chi connectivity index (χ4n) is 1.84. The third kappa shape index (κ3) is 3.11. The zero-order chi connectivity index (χ0) is 12.8. The van der Waals surface area contributed by atoms with Crippen molar-refractivity contribution in [3.05, 3.63) is 53.9 Å². The quantitative estimate of drug-likeness (QED) is 0.870. The van der Waals surface area contributed by atoms with Crippen LogP contribution in [0.4, 0.5) is 0 Å². The molecule has 2 aromatic heterocycles. The maximum atomic E-state index is 4.47. The maximum Gasteiger partial charge on any atom is 0.0759 e. The highest BCUT2D eigenvalue weighted by atomic mass is 14.9. The number of pyridine rings is 1. The molecule has 0 radical (unpaired) electrons. The Morgan fingerprint density at radius 2 is 2.06 bits per heavy atom. The zero-order valence-corrected chi connectivity index (χ0v) is 10.8. The molecule has 4 nitrogen and oxygen atoms in total. The van der Waals surface area contributed by atoms with Crippen molar-refractivity contribution in [2.75, 3.05) is 7.05 Å². The van der Waals surface area contributed by atoms with Gasteiger partial charge in [0.2, 0.25) is 0 Å². The van der Waals surface area contributed by atoms with Crippen LogP contribution in [-0.2, 0) is 12.8 Å². The minimum absolute atomic E-state index is 0.152. The summed E-state index contributed by atoms with van der Waals surface area (Å²) >= 11 is 0. The van der Waals surface area contributed by atoms with Crippen LogP contribution in [0.1, 0.15) is 29.9 Å². The maximum absolute atomic E-state index is 4.47. The second kappa shape index (κ2) is 6.21. The highest BCUT2D eigenvalue weighted by Gasteiger charge is 2.12. The molecule has 0 saturated carbocycles. The van der Waals surface area contributed by atoms with Gasteiger partial charge in [0.05, 0.1) is 11.7 Å². The van der Waals surface area contributed by atoms with Gasteiger partial charge in [-0.1, -0.05) is 13.0 Å². The lowest BCUT2D eigenvalue weighted by Gasteiger charge is -2.14. The Bertz CT molecular complexity index is 467. The molecule has 1 N–H and O–H groups in total. The van der Waals surface area contributed by atoms with Gasteiger partial charge in [0.15, 0.2) is 0 Å². The molecule has 0 amide bonds. The van der Waals surface area contributed by atoms with Crippen LogP contribution in [0.15, 0.2) is 36.9 Å². The number of aryl methyl sites for hydroxylation is 1. The number of hydrogen-bond acceptors (Lipinski definition) is 4. The molecule has 0 aliphatic carbocycles. The van der Waals surface area contributed by atoms with E-state index in [1.54, 1.807) is 18.6 Å². The number of rotatable bonds is 5. The van der Waals surface area contributed by atoms with Crippen LogP contribution in [0.25, 0.3) is 0 Å². The van der Waals surface area contributed by atoms with E-state index in [0.29, 0.717) is 0 Å². The lowest BCUT2D eigenvalue weighted by atomic mass is 10.1. The molecular formula is C14H18N4. The molecule has 1 unspecified atom stereocenters. The molecule has 2 heterocycles. The summed E-state index contributed by atoms with van der Waals surface area (Å²) in [5.41, 5.74) is 3.28. The van der Waals surface area contributed by atoms with Gasteiger partial charge < -0.3 is 5.32 Å². The summed E-state index contributed by atoms with van der Waals surface area (Å²) in [6, 6.07) is 4.37. The molecule has 2 aromatic rings. The van der Waals surface area contributed by atoms with Gasteiger partial charge in [-0.3, -0.25) is 15.0 Å². The molecular weight excluding hydrogens is 224 g/mol. The van der Waals surface area contributed by atoms with Gasteiger partial charge in [0.25, 0.3) is 0 Å². The first-order valence-electron chi connectivity index (χ1n) is 6.20. The molecule has 0 aromatic carbocycles. The Balaban J connectivity index is 2.10. The minimum Gasteiger partial charge on any atom is -0.311 e. The molecule has 0 spiro atoms. The van der Waals surface area contributed by atoms with Crippen molar-refractivity contribution in [1.29, 1.82) is 0 Å². The number of hydrogen-bond donors (Lipinski definition) is 1. The van der Waals surface area contributed by atoms with E-state index in [2.05, 4.69) is 39.3 Å². The summed E-state index contributed by atoms with van der Waals surface area (Å²) in [5, 5.41) is 3.25. The predicted molar refractivity (Wildman–Crippen MR) is 71.2 cm³/mol. The van der Waals surface area contributed by atoms with Crippen LogP contribution >= 0.6 is 0 Å². The van der Waals surface area contributed by atoms with Crippen LogP contribution in [0.2, 0.25) is 0 Å². The van der Waals surface area contributed by atoms with Crippen molar-refractivity contribution in [2.45, 2.75) is 25.8 Å². The van der Waals surface area contributed by atoms with Crippen LogP contribution in [0.3, 0.4) is 0 Å². The van der Waals surface area contributed by atoms with Crippen molar-refractivity contribution < 1.29 is 0 Å². The number of nitrogens with one attached hydrogen (secondary N) is 1. The molecule has 0 bridgehead atoms. The zero-order valence-electron chi connectivity index (χ0n) is 10.8. The average Bonchev–Trinajstić information content (AvgIpc) is 2.46. The van der Waals surface area contributed by atoms with Crippen molar-refractivity contribution in [3.8, 4) is 0 Å². The molecule has 0 fully saturated rings. The fourth-order valence-corrected chi connectivity index (χ4v) is 1.84. The third-order valence-corrected chi connectivity index (χ3v) is 3.00. The van der Waals surface area contributed by atoms with Crippen molar-refractivity contribution >= 4 is 0 Å². The largest absolute Gasteiger partial charge is 0.311 e. The second-order valence-electron chi connectivity index (χ2n) is 4.19. The van der Waals surface area contributed by atoms with Gasteiger partial charge in [0, 0.05) is 36.9 Å². The van der Waals surface area contributed by atoms with E-state index >= 15 is 0 Å². The predicted octanol–water partition coefficient (Wildman–Crippen LogP) is 1.94. The van der Waals surface area contributed by atoms with E-state index in [-0.39, 0.29) is 6.04 Å². The molecule has 18 heavy (non-hydrogen) atoms. The second-order valence-corrected chi connectivity index (χ2v) is 4.19. The molecule has 0 aliphatic rings. The first-order chi connectivity index (χ1) is 8.83. The van der Waals surface area contributed by atoms with Gasteiger partial charge in [-0.25, -0.2) is 0 Å². The highest BCUT2D eigenvalue weighted by Crippen LogP contribution is 2.14. The number of likely N-dealkylation sites (N-methyl/N-ethyl adjacent to an activating group) is 1. The summed E-state index contributed by atoms with van der Waals surface area (Å²) in [4.78, 5) is 12.9. The van der Waals surface area contributed by atoms with E-state index < -0.39 is 0 Å². The summed E-state index contributed by atoms with van der Waals surface area (Å²) in [6.45, 7) is 2.13. The SMILES string of the molecule is CCc1ccc(CC(NC)c2cnccn2)nc1. The minimum atomic E-state index is 0.152. The summed E-state index contributed by atoms with van der Waals surface area (Å²) in [6.07, 6.45) is 8.98. The van der Waals surface area contributed by atoms with E-state index in [1.807, 2.05) is 13.2 Å². The van der Waals surface area contributed by atoms with E-state index in [9.17, 15) is 0 Å². The highest BCUT2D eigenvalue weighted by molar-refractivity contribution is 5.16. The van der Waals surface area contributed by atoms with E-state index in [0.717, 1.165) is 24.2 Å². The monoisotopic (exact) mass is 242 g/mol. The Morgan fingerprint density at radius 1 is 1.17 bits per heavy atom. The standard InChI is InChI=1S/C14H18N4/c1-3-11-4-5-12(18-9-11)8-13(15-2)14-10-16-6-7-17-14/h4-7,9-10,13,15H,3,8H2,1-2H3. The Morgan fingerprint density at radius 3 is 2.61 bits per heavy atom. The first-order valence-corrected chi connectivity index (χ1v) is 6.20. The van der Waals surface area contributed by atoms with Gasteiger partial charge in [-0.2, -0.15) is 0 Å². The molecule has 2 rings (SSSR count). The van der Waals surface area contributed by atoms with Gasteiger partial charge in [0.1, 0.15) is 0 Å². The Hall–Kier alpha value is -1.81. The van der Waals surface area contributed by atoms with Crippen molar-refractivity contribution in [3.63, 3.8) is 0 Å². The summed E-state index contributed by atoms with van der Waals surface area (Å²) in [7, 11) is 1.93. The van der Waals surface area contributed by atoms with Crippen molar-refractivity contribution in [1.82, 2.24) is 20.3 Å². The molecule has 0 saturated heterocycles. The van der Waals surface area contributed by atoms with Crippen LogP contribution in [0.5, 0.6) is 0 Å². The smallest absolute Gasteiger partial charge is 0.0759 e. The molecule has 94 valence electrons. The topological polar surface area (TPSA) is 50.7 Å². The lowest BCUT2D eigenvalue weighted by molar-refractivity contribution is 0.566. The van der Waals surface area contributed by atoms with Crippen LogP contribution in [0, 0.1) is 0 Å². The van der Waals surface area contributed by atoms with Gasteiger partial charge in [-0.15, -0.1) is 0 Å². The van der Waals surface area contributed by atoms with E-state index in [1.165, 1.54) is 5.56 Å². The van der Waals surface area contributed by atoms with Crippen LogP contribution < -0.4 is 5.32 Å². The fraction of sp³-hybridized carbons (Fsp3) is 0.357. The molecule has 0 aliphatic heterocycles. The number of nitrogens with zero attached hydrogens (tertiary/aromatic N) is 3. The molecule has 1 atom stereocenters. The molecule has 4 heteroatoms. The van der Waals surface area contributed by atoms with Crippen LogP contribution in [-0.4, -0.2) is 22.0 Å². The average molecular weight is 242 g/mol. The van der Waals surface area contributed by atoms with E-state index in [4.69, 9.17) is 0 Å². The van der Waals surface area contributed by atoms with Gasteiger partial charge in [-0.05, 0) is 25.1 Å². The van der Waals surface area contributed by atoms with Crippen molar-refractivity contribution in [2.24, 2.45) is 0 Å². The Kier molecular flexibility index (Phi) is 4.36. The normalized spacial score (nSPS) is 12.3. The number of aromatic nitrogens is 3.